The first-order chi connectivity index (χ1) is 9.64. The Morgan fingerprint density at radius 3 is 3.00 bits per heavy atom. The maximum absolute atomic E-state index is 12.1. The fourth-order valence-electron chi connectivity index (χ4n) is 3.66. The zero-order valence-corrected chi connectivity index (χ0v) is 12.0. The molecule has 0 saturated carbocycles. The molecule has 0 radical (unpaired) electrons. The van der Waals surface area contributed by atoms with Crippen LogP contribution in [0.4, 0.5) is 0 Å². The second-order valence-corrected chi connectivity index (χ2v) is 5.92. The SMILES string of the molecule is Cc1ccc2c(c1)C(C(=O)O)(N1CCCNCC1)CC2. The Hall–Kier alpha value is -1.39. The van der Waals surface area contributed by atoms with Crippen LogP contribution in [0.1, 0.15) is 29.5 Å². The highest BCUT2D eigenvalue weighted by Crippen LogP contribution is 2.42. The Morgan fingerprint density at radius 2 is 2.20 bits per heavy atom. The van der Waals surface area contributed by atoms with Gasteiger partial charge >= 0.3 is 5.97 Å². The van der Waals surface area contributed by atoms with Crippen LogP contribution in [0.3, 0.4) is 0 Å². The van der Waals surface area contributed by atoms with Gasteiger partial charge < -0.3 is 10.4 Å². The molecule has 1 saturated heterocycles. The number of aliphatic carboxylic acids is 1. The molecule has 1 aromatic carbocycles. The Morgan fingerprint density at radius 1 is 1.35 bits per heavy atom. The van der Waals surface area contributed by atoms with Crippen LogP contribution in [0.2, 0.25) is 0 Å². The second-order valence-electron chi connectivity index (χ2n) is 5.92. The number of nitrogens with one attached hydrogen (secondary N) is 1. The number of nitrogens with zero attached hydrogens (tertiary/aromatic N) is 1. The zero-order valence-electron chi connectivity index (χ0n) is 12.0. The number of carboxylic acids is 1. The standard InChI is InChI=1S/C16H22N2O2/c1-12-3-4-13-5-6-16(15(19)20,14(13)11-12)18-9-2-7-17-8-10-18/h3-4,11,17H,2,5-10H2,1H3,(H,19,20). The van der Waals surface area contributed by atoms with Crippen molar-refractivity contribution < 1.29 is 9.90 Å². The Labute approximate surface area is 119 Å². The van der Waals surface area contributed by atoms with Gasteiger partial charge in [0.05, 0.1) is 0 Å². The molecule has 108 valence electrons. The van der Waals surface area contributed by atoms with Crippen molar-refractivity contribution in [3.05, 3.63) is 34.9 Å². The van der Waals surface area contributed by atoms with Gasteiger partial charge in [-0.2, -0.15) is 0 Å². The highest BCUT2D eigenvalue weighted by Gasteiger charge is 2.49. The van der Waals surface area contributed by atoms with Crippen molar-refractivity contribution in [1.82, 2.24) is 10.2 Å². The summed E-state index contributed by atoms with van der Waals surface area (Å²) in [4.78, 5) is 14.3. The number of fused-ring (bicyclic) bond motifs is 1. The van der Waals surface area contributed by atoms with Gasteiger partial charge in [0.2, 0.25) is 0 Å². The summed E-state index contributed by atoms with van der Waals surface area (Å²) in [5.41, 5.74) is 2.55. The number of aryl methyl sites for hydroxylation is 2. The van der Waals surface area contributed by atoms with Crippen LogP contribution in [0.25, 0.3) is 0 Å². The number of carboxylic acid groups (broad SMARTS) is 1. The molecule has 20 heavy (non-hydrogen) atoms. The summed E-state index contributed by atoms with van der Waals surface area (Å²) in [5, 5.41) is 13.3. The van der Waals surface area contributed by atoms with Crippen molar-refractivity contribution in [2.75, 3.05) is 26.2 Å². The Kier molecular flexibility index (Phi) is 3.52. The van der Waals surface area contributed by atoms with E-state index in [9.17, 15) is 9.90 Å². The minimum absolute atomic E-state index is 0.691. The van der Waals surface area contributed by atoms with Crippen LogP contribution in [-0.2, 0) is 16.8 Å². The van der Waals surface area contributed by atoms with E-state index in [-0.39, 0.29) is 0 Å². The lowest BCUT2D eigenvalue weighted by molar-refractivity contribution is -0.152. The lowest BCUT2D eigenvalue weighted by Gasteiger charge is -2.38. The van der Waals surface area contributed by atoms with Crippen LogP contribution < -0.4 is 5.32 Å². The summed E-state index contributed by atoms with van der Waals surface area (Å²) < 4.78 is 0. The number of hydrogen-bond acceptors (Lipinski definition) is 3. The van der Waals surface area contributed by atoms with Crippen molar-refractivity contribution in [3.8, 4) is 0 Å². The largest absolute Gasteiger partial charge is 0.480 e. The van der Waals surface area contributed by atoms with Gasteiger partial charge in [0.1, 0.15) is 5.54 Å². The normalized spacial score (nSPS) is 27.1. The van der Waals surface area contributed by atoms with Crippen LogP contribution in [-0.4, -0.2) is 42.2 Å². The minimum atomic E-state index is -0.812. The van der Waals surface area contributed by atoms with Gasteiger partial charge in [0, 0.05) is 19.6 Å². The maximum Gasteiger partial charge on any atom is 0.328 e. The van der Waals surface area contributed by atoms with Crippen LogP contribution in [0, 0.1) is 6.92 Å². The molecular formula is C16H22N2O2. The van der Waals surface area contributed by atoms with Crippen molar-refractivity contribution in [1.29, 1.82) is 0 Å². The third-order valence-corrected chi connectivity index (χ3v) is 4.70. The zero-order chi connectivity index (χ0) is 14.2. The lowest BCUT2D eigenvalue weighted by atomic mass is 9.88. The van der Waals surface area contributed by atoms with Gasteiger partial charge in [-0.15, -0.1) is 0 Å². The minimum Gasteiger partial charge on any atom is -0.480 e. The first-order valence-electron chi connectivity index (χ1n) is 7.44. The predicted molar refractivity (Wildman–Crippen MR) is 77.9 cm³/mol. The van der Waals surface area contributed by atoms with Gasteiger partial charge in [0.15, 0.2) is 0 Å². The molecule has 1 heterocycles. The Balaban J connectivity index is 2.06. The summed E-state index contributed by atoms with van der Waals surface area (Å²) in [6, 6.07) is 6.26. The van der Waals surface area contributed by atoms with Gasteiger partial charge in [-0.25, -0.2) is 4.79 Å². The van der Waals surface area contributed by atoms with Gasteiger partial charge in [0.25, 0.3) is 0 Å². The molecule has 0 spiro atoms. The van der Waals surface area contributed by atoms with E-state index < -0.39 is 11.5 Å². The van der Waals surface area contributed by atoms with E-state index in [1.165, 1.54) is 5.56 Å². The average Bonchev–Trinajstić information content (AvgIpc) is 2.61. The molecule has 0 amide bonds. The van der Waals surface area contributed by atoms with Gasteiger partial charge in [-0.05, 0) is 43.9 Å². The van der Waals surface area contributed by atoms with Crippen molar-refractivity contribution in [2.45, 2.75) is 31.7 Å². The van der Waals surface area contributed by atoms with Crippen LogP contribution in [0.5, 0.6) is 0 Å². The molecular weight excluding hydrogens is 252 g/mol. The summed E-state index contributed by atoms with van der Waals surface area (Å²) >= 11 is 0. The highest BCUT2D eigenvalue weighted by molar-refractivity contribution is 5.82. The third kappa shape index (κ3) is 2.03. The quantitative estimate of drug-likeness (QED) is 0.858. The van der Waals surface area contributed by atoms with Gasteiger partial charge in [-0.1, -0.05) is 23.8 Å². The number of benzene rings is 1. The average molecular weight is 274 g/mol. The first kappa shape index (κ1) is 13.6. The molecule has 4 nitrogen and oxygen atoms in total. The number of hydrogen-bond donors (Lipinski definition) is 2. The molecule has 1 fully saturated rings. The van der Waals surface area contributed by atoms with E-state index >= 15 is 0 Å². The van der Waals surface area contributed by atoms with Crippen molar-refractivity contribution in [2.24, 2.45) is 0 Å². The molecule has 1 atom stereocenters. The summed E-state index contributed by atoms with van der Waals surface area (Å²) in [7, 11) is 0. The fraction of sp³-hybridized carbons (Fsp3) is 0.562. The number of rotatable bonds is 2. The molecule has 1 unspecified atom stereocenters. The van der Waals surface area contributed by atoms with Crippen molar-refractivity contribution >= 4 is 5.97 Å². The topological polar surface area (TPSA) is 52.6 Å². The number of carbonyl (C=O) groups is 1. The van der Waals surface area contributed by atoms with E-state index in [1.54, 1.807) is 0 Å². The molecule has 0 aromatic heterocycles. The van der Waals surface area contributed by atoms with E-state index in [0.29, 0.717) is 6.42 Å². The molecule has 1 aliphatic carbocycles. The third-order valence-electron chi connectivity index (χ3n) is 4.70. The predicted octanol–water partition coefficient (Wildman–Crippen LogP) is 1.52. The fourth-order valence-corrected chi connectivity index (χ4v) is 3.66. The summed E-state index contributed by atoms with van der Waals surface area (Å²) in [6.07, 6.45) is 2.57. The van der Waals surface area contributed by atoms with Gasteiger partial charge in [-0.3, -0.25) is 4.90 Å². The molecule has 1 aliphatic heterocycles. The molecule has 3 rings (SSSR count). The molecule has 4 heteroatoms. The summed E-state index contributed by atoms with van der Waals surface area (Å²) in [5.74, 6) is -0.691. The van der Waals surface area contributed by atoms with E-state index in [2.05, 4.69) is 28.4 Å². The van der Waals surface area contributed by atoms with Crippen molar-refractivity contribution in [3.63, 3.8) is 0 Å². The summed E-state index contributed by atoms with van der Waals surface area (Å²) in [6.45, 7) is 5.55. The van der Waals surface area contributed by atoms with Crippen LogP contribution >= 0.6 is 0 Å². The van der Waals surface area contributed by atoms with E-state index in [4.69, 9.17) is 0 Å². The van der Waals surface area contributed by atoms with E-state index in [1.807, 2.05) is 6.92 Å². The molecule has 2 N–H and O–H groups in total. The Bertz CT molecular complexity index is 521. The highest BCUT2D eigenvalue weighted by atomic mass is 16.4. The van der Waals surface area contributed by atoms with E-state index in [0.717, 1.165) is 50.1 Å². The van der Waals surface area contributed by atoms with Crippen LogP contribution in [0.15, 0.2) is 18.2 Å². The monoisotopic (exact) mass is 274 g/mol. The smallest absolute Gasteiger partial charge is 0.328 e. The lowest BCUT2D eigenvalue weighted by Crippen LogP contribution is -2.52. The second kappa shape index (κ2) is 5.19. The maximum atomic E-state index is 12.1. The molecule has 2 aliphatic rings. The molecule has 1 aromatic rings. The first-order valence-corrected chi connectivity index (χ1v) is 7.44. The molecule has 0 bridgehead atoms.